The minimum atomic E-state index is 0.167. The molecule has 1 aromatic carbocycles. The largest absolute Gasteiger partial charge is 0.333 e. The van der Waals surface area contributed by atoms with Gasteiger partial charge in [-0.2, -0.15) is 0 Å². The fraction of sp³-hybridized carbons (Fsp3) is 0.500. The minimum Gasteiger partial charge on any atom is -0.333 e. The van der Waals surface area contributed by atoms with Crippen molar-refractivity contribution in [2.75, 3.05) is 19.6 Å². The zero-order valence-electron chi connectivity index (χ0n) is 10.8. The summed E-state index contributed by atoms with van der Waals surface area (Å²) in [6.45, 7) is 8.74. The van der Waals surface area contributed by atoms with Crippen LogP contribution in [0.3, 0.4) is 0 Å². The Kier molecular flexibility index (Phi) is 3.48. The van der Waals surface area contributed by atoms with Crippen molar-refractivity contribution in [1.29, 1.82) is 0 Å². The second-order valence-corrected chi connectivity index (χ2v) is 4.80. The van der Waals surface area contributed by atoms with Crippen LogP contribution in [-0.4, -0.2) is 36.5 Å². The topological polar surface area (TPSA) is 32.3 Å². The Labute approximate surface area is 103 Å². The Hall–Kier alpha value is -1.35. The number of rotatable bonds is 1. The van der Waals surface area contributed by atoms with E-state index in [1.54, 1.807) is 0 Å². The van der Waals surface area contributed by atoms with Gasteiger partial charge >= 0.3 is 0 Å². The van der Waals surface area contributed by atoms with Gasteiger partial charge in [-0.05, 0) is 38.0 Å². The highest BCUT2D eigenvalue weighted by Gasteiger charge is 2.24. The molecule has 17 heavy (non-hydrogen) atoms. The fourth-order valence-electron chi connectivity index (χ4n) is 2.28. The molecule has 1 unspecified atom stereocenters. The summed E-state index contributed by atoms with van der Waals surface area (Å²) in [7, 11) is 0. The van der Waals surface area contributed by atoms with Crippen LogP contribution in [0.5, 0.6) is 0 Å². The SMILES string of the molecule is Cc1cccc(C(=O)N2CCNCC2C)c1C. The van der Waals surface area contributed by atoms with Crippen LogP contribution in [0, 0.1) is 13.8 Å². The highest BCUT2D eigenvalue weighted by Crippen LogP contribution is 2.17. The van der Waals surface area contributed by atoms with Crippen LogP contribution in [-0.2, 0) is 0 Å². The maximum atomic E-state index is 12.5. The summed E-state index contributed by atoms with van der Waals surface area (Å²) in [5.74, 6) is 0.167. The number of amides is 1. The van der Waals surface area contributed by atoms with Gasteiger partial charge in [0, 0.05) is 31.2 Å². The zero-order chi connectivity index (χ0) is 12.4. The summed E-state index contributed by atoms with van der Waals surface area (Å²) in [5, 5.41) is 3.30. The van der Waals surface area contributed by atoms with Gasteiger partial charge in [0.1, 0.15) is 0 Å². The molecule has 0 aromatic heterocycles. The lowest BCUT2D eigenvalue weighted by atomic mass is 10.0. The van der Waals surface area contributed by atoms with E-state index in [4.69, 9.17) is 0 Å². The van der Waals surface area contributed by atoms with Crippen LogP contribution in [0.1, 0.15) is 28.4 Å². The van der Waals surface area contributed by atoms with E-state index < -0.39 is 0 Å². The summed E-state index contributed by atoms with van der Waals surface area (Å²) < 4.78 is 0. The number of carbonyl (C=O) groups excluding carboxylic acids is 1. The van der Waals surface area contributed by atoms with E-state index in [9.17, 15) is 4.79 Å². The molecule has 1 amide bonds. The Morgan fingerprint density at radius 2 is 2.18 bits per heavy atom. The van der Waals surface area contributed by atoms with Gasteiger partial charge in [-0.1, -0.05) is 12.1 Å². The van der Waals surface area contributed by atoms with Crippen molar-refractivity contribution in [1.82, 2.24) is 10.2 Å². The third-order valence-corrected chi connectivity index (χ3v) is 3.60. The molecule has 1 N–H and O–H groups in total. The monoisotopic (exact) mass is 232 g/mol. The smallest absolute Gasteiger partial charge is 0.254 e. The molecule has 1 heterocycles. The number of aryl methyl sites for hydroxylation is 1. The summed E-state index contributed by atoms with van der Waals surface area (Å²) >= 11 is 0. The standard InChI is InChI=1S/C14H20N2O/c1-10-5-4-6-13(12(10)3)14(17)16-8-7-15-9-11(16)2/h4-6,11,15H,7-9H2,1-3H3. The van der Waals surface area contributed by atoms with Crippen LogP contribution in [0.15, 0.2) is 18.2 Å². The van der Waals surface area contributed by atoms with Gasteiger partial charge in [0.15, 0.2) is 0 Å². The van der Waals surface area contributed by atoms with Crippen LogP contribution in [0.2, 0.25) is 0 Å². The Bertz CT molecular complexity index is 428. The number of hydrogen-bond donors (Lipinski definition) is 1. The molecule has 0 radical (unpaired) electrons. The van der Waals surface area contributed by atoms with Crippen molar-refractivity contribution in [3.8, 4) is 0 Å². The molecule has 1 aromatic rings. The number of benzene rings is 1. The van der Waals surface area contributed by atoms with E-state index in [1.165, 1.54) is 5.56 Å². The quantitative estimate of drug-likeness (QED) is 0.800. The van der Waals surface area contributed by atoms with Gasteiger partial charge in [-0.15, -0.1) is 0 Å². The molecule has 92 valence electrons. The van der Waals surface area contributed by atoms with E-state index in [0.717, 1.165) is 30.8 Å². The van der Waals surface area contributed by atoms with Crippen molar-refractivity contribution >= 4 is 5.91 Å². The molecule has 1 aliphatic heterocycles. The average Bonchev–Trinajstić information content (AvgIpc) is 2.32. The highest BCUT2D eigenvalue weighted by molar-refractivity contribution is 5.96. The molecule has 1 fully saturated rings. The van der Waals surface area contributed by atoms with Crippen molar-refractivity contribution in [3.05, 3.63) is 34.9 Å². The molecule has 3 heteroatoms. The third kappa shape index (κ3) is 2.34. The summed E-state index contributed by atoms with van der Waals surface area (Å²) in [6.07, 6.45) is 0. The first-order valence-electron chi connectivity index (χ1n) is 6.19. The Balaban J connectivity index is 2.27. The zero-order valence-corrected chi connectivity index (χ0v) is 10.8. The van der Waals surface area contributed by atoms with E-state index in [1.807, 2.05) is 36.9 Å². The van der Waals surface area contributed by atoms with Gasteiger partial charge < -0.3 is 10.2 Å². The molecule has 2 rings (SSSR count). The fourth-order valence-corrected chi connectivity index (χ4v) is 2.28. The molecular weight excluding hydrogens is 212 g/mol. The average molecular weight is 232 g/mol. The van der Waals surface area contributed by atoms with Gasteiger partial charge in [0.2, 0.25) is 0 Å². The van der Waals surface area contributed by atoms with Gasteiger partial charge in [-0.3, -0.25) is 4.79 Å². The maximum absolute atomic E-state index is 12.5. The number of carbonyl (C=O) groups is 1. The highest BCUT2D eigenvalue weighted by atomic mass is 16.2. The summed E-state index contributed by atoms with van der Waals surface area (Å²) in [6, 6.07) is 6.21. The normalized spacial score (nSPS) is 20.4. The van der Waals surface area contributed by atoms with Crippen molar-refractivity contribution in [2.45, 2.75) is 26.8 Å². The lowest BCUT2D eigenvalue weighted by Gasteiger charge is -2.34. The van der Waals surface area contributed by atoms with Gasteiger partial charge in [0.05, 0.1) is 0 Å². The molecule has 1 atom stereocenters. The van der Waals surface area contributed by atoms with E-state index in [-0.39, 0.29) is 11.9 Å². The first kappa shape index (κ1) is 12.1. The molecule has 0 bridgehead atoms. The van der Waals surface area contributed by atoms with Crippen LogP contribution < -0.4 is 5.32 Å². The molecule has 0 saturated carbocycles. The Morgan fingerprint density at radius 1 is 1.41 bits per heavy atom. The second kappa shape index (κ2) is 4.88. The van der Waals surface area contributed by atoms with Crippen molar-refractivity contribution in [3.63, 3.8) is 0 Å². The molecule has 3 nitrogen and oxygen atoms in total. The number of hydrogen-bond acceptors (Lipinski definition) is 2. The molecule has 0 spiro atoms. The Morgan fingerprint density at radius 3 is 2.88 bits per heavy atom. The number of nitrogens with zero attached hydrogens (tertiary/aromatic N) is 1. The first-order valence-corrected chi connectivity index (χ1v) is 6.19. The molecule has 1 saturated heterocycles. The van der Waals surface area contributed by atoms with Crippen molar-refractivity contribution in [2.24, 2.45) is 0 Å². The lowest BCUT2D eigenvalue weighted by Crippen LogP contribution is -2.52. The second-order valence-electron chi connectivity index (χ2n) is 4.80. The molecule has 1 aliphatic rings. The lowest BCUT2D eigenvalue weighted by molar-refractivity contribution is 0.0655. The summed E-state index contributed by atoms with van der Waals surface area (Å²) in [4.78, 5) is 14.5. The van der Waals surface area contributed by atoms with E-state index in [0.29, 0.717) is 0 Å². The van der Waals surface area contributed by atoms with Gasteiger partial charge in [-0.25, -0.2) is 0 Å². The van der Waals surface area contributed by atoms with Gasteiger partial charge in [0.25, 0.3) is 5.91 Å². The number of piperazine rings is 1. The first-order chi connectivity index (χ1) is 8.11. The van der Waals surface area contributed by atoms with Crippen LogP contribution in [0.25, 0.3) is 0 Å². The summed E-state index contributed by atoms with van der Waals surface area (Å²) in [5.41, 5.74) is 3.13. The van der Waals surface area contributed by atoms with Crippen molar-refractivity contribution < 1.29 is 4.79 Å². The predicted molar refractivity (Wildman–Crippen MR) is 69.3 cm³/mol. The minimum absolute atomic E-state index is 0.167. The molecule has 0 aliphatic carbocycles. The van der Waals surface area contributed by atoms with Crippen LogP contribution in [0.4, 0.5) is 0 Å². The van der Waals surface area contributed by atoms with Crippen LogP contribution >= 0.6 is 0 Å². The van der Waals surface area contributed by atoms with E-state index in [2.05, 4.69) is 12.2 Å². The molecular formula is C14H20N2O. The number of nitrogens with one attached hydrogen (secondary N) is 1. The predicted octanol–water partition coefficient (Wildman–Crippen LogP) is 1.74. The van der Waals surface area contributed by atoms with E-state index >= 15 is 0 Å². The third-order valence-electron chi connectivity index (χ3n) is 3.60. The maximum Gasteiger partial charge on any atom is 0.254 e.